The van der Waals surface area contributed by atoms with Gasteiger partial charge in [-0.15, -0.1) is 0 Å². The molecule has 1 aromatic carbocycles. The molecule has 20 heavy (non-hydrogen) atoms. The highest BCUT2D eigenvalue weighted by atomic mass is 19.2. The predicted molar refractivity (Wildman–Crippen MR) is 71.5 cm³/mol. The van der Waals surface area contributed by atoms with Gasteiger partial charge in [0.05, 0.1) is 12.1 Å². The number of benzene rings is 1. The number of hydrogen-bond acceptors (Lipinski definition) is 3. The van der Waals surface area contributed by atoms with Crippen molar-refractivity contribution < 1.29 is 18.6 Å². The third-order valence-electron chi connectivity index (χ3n) is 4.42. The normalized spacial score (nSPS) is 33.5. The van der Waals surface area contributed by atoms with E-state index in [9.17, 15) is 13.9 Å². The lowest BCUT2D eigenvalue weighted by Gasteiger charge is -2.48. The Morgan fingerprint density at radius 3 is 2.85 bits per heavy atom. The van der Waals surface area contributed by atoms with Crippen LogP contribution in [0.25, 0.3) is 0 Å². The molecule has 1 aliphatic carbocycles. The van der Waals surface area contributed by atoms with Crippen LogP contribution in [-0.4, -0.2) is 29.5 Å². The van der Waals surface area contributed by atoms with Crippen LogP contribution < -0.4 is 5.32 Å². The Bertz CT molecular complexity index is 495. The zero-order valence-electron chi connectivity index (χ0n) is 11.2. The lowest BCUT2D eigenvalue weighted by molar-refractivity contribution is -0.168. The number of hydrogen-bond donors (Lipinski definition) is 2. The summed E-state index contributed by atoms with van der Waals surface area (Å²) in [5, 5.41) is 14.0. The van der Waals surface area contributed by atoms with Gasteiger partial charge in [0.25, 0.3) is 0 Å². The van der Waals surface area contributed by atoms with Crippen molar-refractivity contribution in [2.24, 2.45) is 0 Å². The van der Waals surface area contributed by atoms with Gasteiger partial charge in [-0.3, -0.25) is 0 Å². The highest BCUT2D eigenvalue weighted by molar-refractivity contribution is 5.45. The fraction of sp³-hybridized carbons (Fsp3) is 0.600. The quantitative estimate of drug-likeness (QED) is 0.877. The molecule has 3 atom stereocenters. The number of fused-ring (bicyclic) bond motifs is 1. The maximum Gasteiger partial charge on any atom is 0.160 e. The molecule has 3 rings (SSSR count). The molecule has 2 aliphatic rings. The van der Waals surface area contributed by atoms with Crippen LogP contribution in [0.3, 0.4) is 0 Å². The molecule has 1 aromatic rings. The van der Waals surface area contributed by atoms with Crippen molar-refractivity contribution in [1.82, 2.24) is 0 Å². The van der Waals surface area contributed by atoms with Crippen LogP contribution in [0.15, 0.2) is 18.2 Å². The molecular weight excluding hydrogens is 264 g/mol. The first-order chi connectivity index (χ1) is 9.59. The molecule has 0 spiro atoms. The summed E-state index contributed by atoms with van der Waals surface area (Å²) in [6.45, 7) is 0.685. The van der Waals surface area contributed by atoms with E-state index in [1.165, 1.54) is 6.07 Å². The zero-order valence-corrected chi connectivity index (χ0v) is 11.2. The first-order valence-electron chi connectivity index (χ1n) is 7.15. The molecule has 1 heterocycles. The molecule has 1 aliphatic heterocycles. The summed E-state index contributed by atoms with van der Waals surface area (Å²) in [4.78, 5) is 0. The van der Waals surface area contributed by atoms with Crippen molar-refractivity contribution in [2.45, 2.75) is 49.9 Å². The number of aliphatic hydroxyl groups is 1. The van der Waals surface area contributed by atoms with Crippen LogP contribution in [0.1, 0.15) is 32.1 Å². The Balaban J connectivity index is 1.79. The summed E-state index contributed by atoms with van der Waals surface area (Å²) < 4.78 is 31.9. The number of nitrogens with one attached hydrogen (secondary N) is 1. The monoisotopic (exact) mass is 283 g/mol. The average Bonchev–Trinajstić information content (AvgIpc) is 2.43. The van der Waals surface area contributed by atoms with Gasteiger partial charge in [0.2, 0.25) is 0 Å². The van der Waals surface area contributed by atoms with E-state index in [1.807, 2.05) is 0 Å². The Labute approximate surface area is 116 Å². The van der Waals surface area contributed by atoms with Crippen molar-refractivity contribution in [2.75, 3.05) is 11.9 Å². The van der Waals surface area contributed by atoms with Crippen LogP contribution in [0.4, 0.5) is 14.5 Å². The summed E-state index contributed by atoms with van der Waals surface area (Å²) >= 11 is 0. The predicted octanol–water partition coefficient (Wildman–Crippen LogP) is 2.84. The van der Waals surface area contributed by atoms with Crippen LogP contribution in [0.2, 0.25) is 0 Å². The minimum absolute atomic E-state index is 0.159. The molecule has 2 fully saturated rings. The van der Waals surface area contributed by atoms with Crippen LogP contribution in [0.5, 0.6) is 0 Å². The molecule has 0 bridgehead atoms. The summed E-state index contributed by atoms with van der Waals surface area (Å²) in [5.74, 6) is -1.74. The fourth-order valence-electron chi connectivity index (χ4n) is 3.36. The Morgan fingerprint density at radius 1 is 1.20 bits per heavy atom. The SMILES string of the molecule is O[C@]12CCCO[C@@H]1CCCC2Nc1ccc(F)c(F)c1. The molecule has 5 heteroatoms. The van der Waals surface area contributed by atoms with Crippen molar-refractivity contribution >= 4 is 5.69 Å². The smallest absolute Gasteiger partial charge is 0.160 e. The summed E-state index contributed by atoms with van der Waals surface area (Å²) in [7, 11) is 0. The van der Waals surface area contributed by atoms with Gasteiger partial charge in [0, 0.05) is 18.4 Å². The Hall–Kier alpha value is -1.20. The van der Waals surface area contributed by atoms with E-state index in [0.717, 1.165) is 37.8 Å². The third-order valence-corrected chi connectivity index (χ3v) is 4.42. The molecule has 3 nitrogen and oxygen atoms in total. The lowest BCUT2D eigenvalue weighted by atomic mass is 9.74. The molecule has 2 N–H and O–H groups in total. The molecule has 1 saturated carbocycles. The van der Waals surface area contributed by atoms with E-state index in [1.54, 1.807) is 0 Å². The van der Waals surface area contributed by atoms with Gasteiger partial charge >= 0.3 is 0 Å². The molecule has 1 unspecified atom stereocenters. The molecule has 1 saturated heterocycles. The minimum Gasteiger partial charge on any atom is -0.385 e. The van der Waals surface area contributed by atoms with Crippen molar-refractivity contribution in [3.63, 3.8) is 0 Å². The summed E-state index contributed by atoms with van der Waals surface area (Å²) in [6, 6.07) is 3.53. The van der Waals surface area contributed by atoms with Crippen LogP contribution in [-0.2, 0) is 4.74 Å². The van der Waals surface area contributed by atoms with E-state index in [-0.39, 0.29) is 12.1 Å². The van der Waals surface area contributed by atoms with Gasteiger partial charge in [-0.1, -0.05) is 0 Å². The average molecular weight is 283 g/mol. The Kier molecular flexibility index (Phi) is 3.65. The second-order valence-corrected chi connectivity index (χ2v) is 5.71. The van der Waals surface area contributed by atoms with E-state index < -0.39 is 17.2 Å². The van der Waals surface area contributed by atoms with E-state index >= 15 is 0 Å². The first kappa shape index (κ1) is 13.8. The third kappa shape index (κ3) is 2.40. The van der Waals surface area contributed by atoms with Gasteiger partial charge < -0.3 is 15.2 Å². The number of halogens is 2. The highest BCUT2D eigenvalue weighted by Gasteiger charge is 2.48. The fourth-order valence-corrected chi connectivity index (χ4v) is 3.36. The van der Waals surface area contributed by atoms with Crippen molar-refractivity contribution in [1.29, 1.82) is 0 Å². The summed E-state index contributed by atoms with van der Waals surface area (Å²) in [6.07, 6.45) is 3.95. The minimum atomic E-state index is -0.915. The van der Waals surface area contributed by atoms with Crippen LogP contribution in [0, 0.1) is 11.6 Å². The zero-order chi connectivity index (χ0) is 14.2. The molecule has 0 aromatic heterocycles. The topological polar surface area (TPSA) is 41.5 Å². The largest absolute Gasteiger partial charge is 0.385 e. The van der Waals surface area contributed by atoms with Gasteiger partial charge in [0.1, 0.15) is 5.60 Å². The number of rotatable bonds is 2. The number of anilines is 1. The van der Waals surface area contributed by atoms with E-state index in [0.29, 0.717) is 18.7 Å². The van der Waals surface area contributed by atoms with Gasteiger partial charge in [-0.25, -0.2) is 8.78 Å². The molecule has 110 valence electrons. The lowest BCUT2D eigenvalue weighted by Crippen LogP contribution is -2.60. The van der Waals surface area contributed by atoms with Gasteiger partial charge in [-0.2, -0.15) is 0 Å². The molecule has 0 amide bonds. The highest BCUT2D eigenvalue weighted by Crippen LogP contribution is 2.39. The second-order valence-electron chi connectivity index (χ2n) is 5.71. The molecule has 0 radical (unpaired) electrons. The molecular formula is C15H19F2NO2. The number of ether oxygens (including phenoxy) is 1. The maximum absolute atomic E-state index is 13.3. The first-order valence-corrected chi connectivity index (χ1v) is 7.15. The van der Waals surface area contributed by atoms with E-state index in [4.69, 9.17) is 4.74 Å². The van der Waals surface area contributed by atoms with Crippen molar-refractivity contribution in [3.05, 3.63) is 29.8 Å². The standard InChI is InChI=1S/C15H19F2NO2/c16-11-6-5-10(9-12(11)17)18-13-3-1-4-14-15(13,19)7-2-8-20-14/h5-6,9,13-14,18-19H,1-4,7-8H2/t13?,14-,15+/m1/s1. The maximum atomic E-state index is 13.3. The summed E-state index contributed by atoms with van der Waals surface area (Å²) in [5.41, 5.74) is -0.421. The van der Waals surface area contributed by atoms with Crippen molar-refractivity contribution in [3.8, 4) is 0 Å². The van der Waals surface area contributed by atoms with E-state index in [2.05, 4.69) is 5.32 Å². The Morgan fingerprint density at radius 2 is 2.05 bits per heavy atom. The second kappa shape index (κ2) is 5.30. The van der Waals surface area contributed by atoms with Crippen LogP contribution >= 0.6 is 0 Å². The van der Waals surface area contributed by atoms with Gasteiger partial charge in [0.15, 0.2) is 11.6 Å². The van der Waals surface area contributed by atoms with Gasteiger partial charge in [-0.05, 0) is 44.2 Å².